The maximum Gasteiger partial charge on any atom is 1.00 e. The maximum absolute atomic E-state index is 2.23. The van der Waals surface area contributed by atoms with E-state index in [-0.39, 0.29) is 34.8 Å². The van der Waals surface area contributed by atoms with Gasteiger partial charge in [-0.25, -0.2) is 0 Å². The fraction of sp³-hybridized carbons (Fsp3) is 0. The largest absolute Gasteiger partial charge is 1.00 e. The van der Waals surface area contributed by atoms with Crippen LogP contribution in [-0.2, 0) is 22.4 Å². The Hall–Kier alpha value is -0.880. The number of hydrogen-bond donors (Lipinski definition) is 0. The molecule has 3 aromatic carbocycles. The minimum Gasteiger partial charge on any atom is -1.00 e. The van der Waals surface area contributed by atoms with Gasteiger partial charge in [-0.1, -0.05) is 91.0 Å². The Kier molecular flexibility index (Phi) is 7.96. The second kappa shape index (κ2) is 9.20. The van der Waals surface area contributed by atoms with Crippen molar-refractivity contribution in [3.8, 4) is 0 Å². The molecule has 110 valence electrons. The zero-order chi connectivity index (χ0) is 12.9. The minimum absolute atomic E-state index is 0. The van der Waals surface area contributed by atoms with Crippen LogP contribution >= 0.6 is 7.92 Å². The quantitative estimate of drug-likeness (QED) is 0.366. The zero-order valence-corrected chi connectivity index (χ0v) is 15.1. The fourth-order valence-corrected chi connectivity index (χ4v) is 4.48. The van der Waals surface area contributed by atoms with E-state index in [0.717, 1.165) is 0 Å². The van der Waals surface area contributed by atoms with E-state index in [1.165, 1.54) is 15.9 Å². The first kappa shape index (κ1) is 18.2. The van der Waals surface area contributed by atoms with Crippen LogP contribution in [0.1, 0.15) is 0 Å². The summed E-state index contributed by atoms with van der Waals surface area (Å²) in [5.74, 6) is 0. The summed E-state index contributed by atoms with van der Waals surface area (Å²) in [5, 5.41) is 4.19. The monoisotopic (exact) mass is 494 g/mol. The van der Waals surface area contributed by atoms with Crippen LogP contribution in [0.4, 0.5) is 0 Å². The summed E-state index contributed by atoms with van der Waals surface area (Å²) in [6, 6.07) is 32.3. The first-order valence-corrected chi connectivity index (χ1v) is 7.74. The molecule has 0 radical (unpaired) electrons. The fourth-order valence-electron chi connectivity index (χ4n) is 2.18. The number of benzene rings is 3. The van der Waals surface area contributed by atoms with E-state index in [0.29, 0.717) is 0 Å². The van der Waals surface area contributed by atoms with Gasteiger partial charge in [0, 0.05) is 0 Å². The standard InChI is InChI=1S/C18H15P.Au.ClH/c1-4-10-16(11-5-1)19(17-12-6-2-7-13-17)18-14-8-3-9-15-18;;/h1-15H;;1H/q;+1;/p-1. The van der Waals surface area contributed by atoms with Crippen molar-refractivity contribution in [3.05, 3.63) is 91.0 Å². The number of hydrogen-bond acceptors (Lipinski definition) is 0. The van der Waals surface area contributed by atoms with Crippen molar-refractivity contribution in [1.29, 1.82) is 0 Å². The Labute approximate surface area is 149 Å². The average molecular weight is 495 g/mol. The molecule has 0 fully saturated rings. The topological polar surface area (TPSA) is 0 Å². The third-order valence-electron chi connectivity index (χ3n) is 3.04. The van der Waals surface area contributed by atoms with Gasteiger partial charge in [-0.3, -0.25) is 0 Å². The molecule has 0 aliphatic rings. The van der Waals surface area contributed by atoms with Crippen LogP contribution < -0.4 is 28.3 Å². The smallest absolute Gasteiger partial charge is 1.00 e. The predicted molar refractivity (Wildman–Crippen MR) is 85.1 cm³/mol. The van der Waals surface area contributed by atoms with E-state index in [1.807, 2.05) is 0 Å². The first-order chi connectivity index (χ1) is 9.45. The molecule has 0 aromatic heterocycles. The molecule has 21 heavy (non-hydrogen) atoms. The van der Waals surface area contributed by atoms with Gasteiger partial charge in [-0.2, -0.15) is 0 Å². The normalized spacial score (nSPS) is 9.57. The van der Waals surface area contributed by atoms with Crippen LogP contribution in [0.25, 0.3) is 0 Å². The summed E-state index contributed by atoms with van der Waals surface area (Å²) in [7, 11) is -0.446. The van der Waals surface area contributed by atoms with Crippen molar-refractivity contribution >= 4 is 23.8 Å². The molecular weight excluding hydrogens is 480 g/mol. The van der Waals surface area contributed by atoms with Gasteiger partial charge in [0.05, 0.1) is 0 Å². The van der Waals surface area contributed by atoms with Crippen LogP contribution in [0.2, 0.25) is 0 Å². The Morgan fingerprint density at radius 2 is 0.667 bits per heavy atom. The molecule has 3 aromatic rings. The van der Waals surface area contributed by atoms with Gasteiger partial charge in [0.25, 0.3) is 0 Å². The zero-order valence-electron chi connectivity index (χ0n) is 11.3. The molecule has 0 aliphatic heterocycles. The van der Waals surface area contributed by atoms with Crippen molar-refractivity contribution in [3.63, 3.8) is 0 Å². The molecule has 0 aliphatic carbocycles. The molecule has 0 N–H and O–H groups in total. The minimum atomic E-state index is -0.446. The van der Waals surface area contributed by atoms with Crippen molar-refractivity contribution in [2.45, 2.75) is 0 Å². The molecule has 3 heteroatoms. The molecule has 0 unspecified atom stereocenters. The SMILES string of the molecule is [Au+].[Cl-].c1ccc(P(c2ccccc2)c2ccccc2)cc1. The van der Waals surface area contributed by atoms with E-state index < -0.39 is 7.92 Å². The third kappa shape index (κ3) is 4.54. The van der Waals surface area contributed by atoms with Crippen molar-refractivity contribution < 1.29 is 34.8 Å². The number of halogens is 1. The van der Waals surface area contributed by atoms with Crippen LogP contribution in [0.5, 0.6) is 0 Å². The summed E-state index contributed by atoms with van der Waals surface area (Å²) in [4.78, 5) is 0. The van der Waals surface area contributed by atoms with E-state index in [1.54, 1.807) is 0 Å². The molecule has 0 saturated carbocycles. The summed E-state index contributed by atoms with van der Waals surface area (Å²) in [6.45, 7) is 0. The van der Waals surface area contributed by atoms with E-state index in [4.69, 9.17) is 0 Å². The molecule has 0 saturated heterocycles. The Bertz CT molecular complexity index is 535. The first-order valence-electron chi connectivity index (χ1n) is 6.40. The van der Waals surface area contributed by atoms with Crippen LogP contribution in [-0.4, -0.2) is 0 Å². The van der Waals surface area contributed by atoms with Gasteiger partial charge in [0.2, 0.25) is 0 Å². The van der Waals surface area contributed by atoms with E-state index in [2.05, 4.69) is 91.0 Å². The molecule has 0 nitrogen and oxygen atoms in total. The van der Waals surface area contributed by atoms with Crippen molar-refractivity contribution in [2.75, 3.05) is 0 Å². The summed E-state index contributed by atoms with van der Waals surface area (Å²) < 4.78 is 0. The van der Waals surface area contributed by atoms with Gasteiger partial charge in [0.15, 0.2) is 0 Å². The molecular formula is C18H15AuClP. The molecule has 0 atom stereocenters. The second-order valence-electron chi connectivity index (χ2n) is 4.34. The Morgan fingerprint density at radius 1 is 0.429 bits per heavy atom. The van der Waals surface area contributed by atoms with Crippen molar-refractivity contribution in [1.82, 2.24) is 0 Å². The van der Waals surface area contributed by atoms with Gasteiger partial charge in [-0.15, -0.1) is 0 Å². The summed E-state index contributed by atoms with van der Waals surface area (Å²) >= 11 is 0. The van der Waals surface area contributed by atoms with Crippen LogP contribution in [0, 0.1) is 0 Å². The van der Waals surface area contributed by atoms with Crippen LogP contribution in [0.3, 0.4) is 0 Å². The van der Waals surface area contributed by atoms with E-state index in [9.17, 15) is 0 Å². The Balaban J connectivity index is 0.00000110. The van der Waals surface area contributed by atoms with Crippen molar-refractivity contribution in [2.24, 2.45) is 0 Å². The van der Waals surface area contributed by atoms with Gasteiger partial charge >= 0.3 is 22.4 Å². The van der Waals surface area contributed by atoms with E-state index >= 15 is 0 Å². The molecule has 0 bridgehead atoms. The maximum atomic E-state index is 2.23. The average Bonchev–Trinajstić information content (AvgIpc) is 2.51. The third-order valence-corrected chi connectivity index (χ3v) is 5.49. The molecule has 0 spiro atoms. The number of rotatable bonds is 3. The predicted octanol–water partition coefficient (Wildman–Crippen LogP) is 0.446. The van der Waals surface area contributed by atoms with Gasteiger partial charge in [0.1, 0.15) is 0 Å². The summed E-state index contributed by atoms with van der Waals surface area (Å²) in [6.07, 6.45) is 0. The second-order valence-corrected chi connectivity index (χ2v) is 6.56. The van der Waals surface area contributed by atoms with Gasteiger partial charge < -0.3 is 12.4 Å². The summed E-state index contributed by atoms with van der Waals surface area (Å²) in [5.41, 5.74) is 0. The Morgan fingerprint density at radius 3 is 0.905 bits per heavy atom. The molecule has 3 rings (SSSR count). The molecule has 0 amide bonds. The van der Waals surface area contributed by atoms with Crippen LogP contribution in [0.15, 0.2) is 91.0 Å². The van der Waals surface area contributed by atoms with Gasteiger partial charge in [-0.05, 0) is 23.8 Å². The molecule has 0 heterocycles.